The third-order valence-electron chi connectivity index (χ3n) is 2.80. The minimum absolute atomic E-state index is 0.0551. The molecule has 0 spiro atoms. The fraction of sp³-hybridized carbons (Fsp3) is 0.500. The van der Waals surface area contributed by atoms with Gasteiger partial charge < -0.3 is 15.2 Å². The van der Waals surface area contributed by atoms with Crippen molar-refractivity contribution in [2.45, 2.75) is 0 Å². The molecule has 0 heterocycles. The van der Waals surface area contributed by atoms with Gasteiger partial charge in [-0.25, -0.2) is 0 Å². The Morgan fingerprint density at radius 2 is 1.84 bits per heavy atom. The monoisotopic (exact) mass is 266 g/mol. The summed E-state index contributed by atoms with van der Waals surface area (Å²) in [4.78, 5) is 14.2. The Kier molecular flexibility index (Phi) is 7.10. The van der Waals surface area contributed by atoms with Crippen LogP contribution >= 0.6 is 0 Å². The highest BCUT2D eigenvalue weighted by Crippen LogP contribution is 2.08. The van der Waals surface area contributed by atoms with Crippen molar-refractivity contribution < 1.29 is 14.3 Å². The van der Waals surface area contributed by atoms with E-state index in [4.69, 9.17) is 15.2 Å². The van der Waals surface area contributed by atoms with Gasteiger partial charge in [-0.15, -0.1) is 0 Å². The molecular weight excluding hydrogens is 244 g/mol. The van der Waals surface area contributed by atoms with Gasteiger partial charge in [-0.3, -0.25) is 9.69 Å². The summed E-state index contributed by atoms with van der Waals surface area (Å²) in [7, 11) is 3.29. The van der Waals surface area contributed by atoms with Crippen molar-refractivity contribution in [3.05, 3.63) is 29.8 Å². The van der Waals surface area contributed by atoms with Crippen LogP contribution in [0.1, 0.15) is 10.4 Å². The molecule has 0 atom stereocenters. The maximum Gasteiger partial charge on any atom is 0.176 e. The molecule has 0 bridgehead atoms. The predicted octanol–water partition coefficient (Wildman–Crippen LogP) is 1.05. The average Bonchev–Trinajstić information content (AvgIpc) is 2.41. The number of hydrogen-bond donors (Lipinski definition) is 1. The predicted molar refractivity (Wildman–Crippen MR) is 75.4 cm³/mol. The molecule has 5 nitrogen and oxygen atoms in total. The van der Waals surface area contributed by atoms with Crippen molar-refractivity contribution in [3.63, 3.8) is 0 Å². The van der Waals surface area contributed by atoms with Crippen molar-refractivity contribution in [3.8, 4) is 0 Å². The van der Waals surface area contributed by atoms with Crippen LogP contribution in [0.5, 0.6) is 0 Å². The molecule has 2 N–H and O–H groups in total. The first-order valence-electron chi connectivity index (χ1n) is 6.26. The Hall–Kier alpha value is -1.43. The Balaban J connectivity index is 2.58. The van der Waals surface area contributed by atoms with Gasteiger partial charge in [0.2, 0.25) is 0 Å². The first-order valence-corrected chi connectivity index (χ1v) is 6.26. The van der Waals surface area contributed by atoms with Gasteiger partial charge in [0.1, 0.15) is 0 Å². The molecule has 1 aromatic carbocycles. The molecule has 0 aliphatic carbocycles. The van der Waals surface area contributed by atoms with Gasteiger partial charge in [-0.05, 0) is 12.1 Å². The van der Waals surface area contributed by atoms with E-state index >= 15 is 0 Å². The average molecular weight is 266 g/mol. The Morgan fingerprint density at radius 3 is 2.37 bits per heavy atom. The van der Waals surface area contributed by atoms with E-state index in [-0.39, 0.29) is 5.78 Å². The summed E-state index contributed by atoms with van der Waals surface area (Å²) < 4.78 is 10.1. The molecular formula is C14H22N2O3. The number of carbonyl (C=O) groups is 1. The fourth-order valence-electron chi connectivity index (χ4n) is 1.72. The Morgan fingerprint density at radius 1 is 1.21 bits per heavy atom. The molecule has 5 heteroatoms. The second-order valence-electron chi connectivity index (χ2n) is 4.31. The molecule has 0 radical (unpaired) electrons. The van der Waals surface area contributed by atoms with Crippen LogP contribution in [0.4, 0.5) is 5.69 Å². The molecule has 0 aromatic heterocycles. The lowest BCUT2D eigenvalue weighted by atomic mass is 10.1. The molecule has 0 saturated carbocycles. The molecule has 1 rings (SSSR count). The van der Waals surface area contributed by atoms with Gasteiger partial charge in [0.05, 0.1) is 19.8 Å². The van der Waals surface area contributed by atoms with Crippen LogP contribution in [-0.2, 0) is 9.47 Å². The highest BCUT2D eigenvalue weighted by Gasteiger charge is 2.12. The minimum atomic E-state index is 0.0551. The van der Waals surface area contributed by atoms with Gasteiger partial charge in [-0.1, -0.05) is 12.1 Å². The number of nitrogen functional groups attached to an aromatic ring is 1. The van der Waals surface area contributed by atoms with E-state index in [0.29, 0.717) is 44.1 Å². The zero-order chi connectivity index (χ0) is 14.1. The minimum Gasteiger partial charge on any atom is -0.399 e. The van der Waals surface area contributed by atoms with Gasteiger partial charge in [-0.2, -0.15) is 0 Å². The van der Waals surface area contributed by atoms with Crippen LogP contribution in [0.15, 0.2) is 24.3 Å². The molecule has 0 fully saturated rings. The molecule has 0 unspecified atom stereocenters. The van der Waals surface area contributed by atoms with Crippen LogP contribution in [0, 0.1) is 0 Å². The van der Waals surface area contributed by atoms with E-state index in [1.165, 1.54) is 0 Å². The fourth-order valence-corrected chi connectivity index (χ4v) is 1.72. The number of anilines is 1. The molecule has 0 saturated heterocycles. The quantitative estimate of drug-likeness (QED) is 0.534. The number of Topliss-reactive ketones (excluding diaryl/α,β-unsaturated/α-hetero) is 1. The van der Waals surface area contributed by atoms with Crippen molar-refractivity contribution in [1.82, 2.24) is 4.90 Å². The highest BCUT2D eigenvalue weighted by atomic mass is 16.5. The molecule has 1 aromatic rings. The lowest BCUT2D eigenvalue weighted by molar-refractivity contribution is 0.0837. The number of hydrogen-bond acceptors (Lipinski definition) is 5. The summed E-state index contributed by atoms with van der Waals surface area (Å²) >= 11 is 0. The van der Waals surface area contributed by atoms with Crippen molar-refractivity contribution in [2.24, 2.45) is 0 Å². The maximum atomic E-state index is 12.2. The van der Waals surface area contributed by atoms with Crippen LogP contribution in [-0.4, -0.2) is 57.8 Å². The highest BCUT2D eigenvalue weighted by molar-refractivity contribution is 5.98. The summed E-state index contributed by atoms with van der Waals surface area (Å²) in [6, 6.07) is 7.04. The lowest BCUT2D eigenvalue weighted by Gasteiger charge is -2.20. The van der Waals surface area contributed by atoms with Crippen molar-refractivity contribution in [1.29, 1.82) is 0 Å². The number of ether oxygens (including phenoxy) is 2. The van der Waals surface area contributed by atoms with E-state index in [0.717, 1.165) is 0 Å². The third-order valence-corrected chi connectivity index (χ3v) is 2.80. The molecule has 0 aliphatic rings. The number of rotatable bonds is 9. The second kappa shape index (κ2) is 8.63. The SMILES string of the molecule is COCCN(CCOC)CC(=O)c1cccc(N)c1. The first kappa shape index (κ1) is 15.6. The Labute approximate surface area is 114 Å². The molecule has 0 aliphatic heterocycles. The number of ketones is 1. The van der Waals surface area contributed by atoms with Gasteiger partial charge in [0.25, 0.3) is 0 Å². The second-order valence-corrected chi connectivity index (χ2v) is 4.31. The summed E-state index contributed by atoms with van der Waals surface area (Å²) in [5, 5.41) is 0. The third kappa shape index (κ3) is 5.83. The van der Waals surface area contributed by atoms with E-state index < -0.39 is 0 Å². The largest absolute Gasteiger partial charge is 0.399 e. The van der Waals surface area contributed by atoms with Crippen LogP contribution in [0.25, 0.3) is 0 Å². The summed E-state index contributed by atoms with van der Waals surface area (Å²) in [6.07, 6.45) is 0. The summed E-state index contributed by atoms with van der Waals surface area (Å²) in [5.41, 5.74) is 6.92. The number of benzene rings is 1. The Bertz CT molecular complexity index is 388. The standard InChI is InChI=1S/C14H22N2O3/c1-18-8-6-16(7-9-19-2)11-14(17)12-4-3-5-13(15)10-12/h3-5,10H,6-9,11,15H2,1-2H3. The van der Waals surface area contributed by atoms with Crippen LogP contribution < -0.4 is 5.73 Å². The molecule has 19 heavy (non-hydrogen) atoms. The van der Waals surface area contributed by atoms with Crippen LogP contribution in [0.2, 0.25) is 0 Å². The van der Waals surface area contributed by atoms with E-state index in [1.807, 2.05) is 4.90 Å². The maximum absolute atomic E-state index is 12.2. The zero-order valence-corrected chi connectivity index (χ0v) is 11.6. The number of carbonyl (C=O) groups excluding carboxylic acids is 1. The number of methoxy groups -OCH3 is 2. The smallest absolute Gasteiger partial charge is 0.176 e. The van der Waals surface area contributed by atoms with Crippen LogP contribution in [0.3, 0.4) is 0 Å². The lowest BCUT2D eigenvalue weighted by Crippen LogP contribution is -2.35. The normalized spacial score (nSPS) is 10.9. The summed E-state index contributed by atoms with van der Waals surface area (Å²) in [6.45, 7) is 2.93. The number of nitrogens with zero attached hydrogens (tertiary/aromatic N) is 1. The summed E-state index contributed by atoms with van der Waals surface area (Å²) in [5.74, 6) is 0.0551. The van der Waals surface area contributed by atoms with Crippen molar-refractivity contribution >= 4 is 11.5 Å². The number of nitrogens with two attached hydrogens (primary N) is 1. The molecule has 106 valence electrons. The topological polar surface area (TPSA) is 64.8 Å². The molecule has 0 amide bonds. The first-order chi connectivity index (χ1) is 9.17. The van der Waals surface area contributed by atoms with E-state index in [2.05, 4.69) is 0 Å². The van der Waals surface area contributed by atoms with Gasteiger partial charge in [0.15, 0.2) is 5.78 Å². The van der Waals surface area contributed by atoms with Gasteiger partial charge in [0, 0.05) is 38.6 Å². The van der Waals surface area contributed by atoms with Gasteiger partial charge >= 0.3 is 0 Å². The van der Waals surface area contributed by atoms with E-state index in [1.54, 1.807) is 38.5 Å². The van der Waals surface area contributed by atoms with E-state index in [9.17, 15) is 4.79 Å². The van der Waals surface area contributed by atoms with Crippen molar-refractivity contribution in [2.75, 3.05) is 52.8 Å². The zero-order valence-electron chi connectivity index (χ0n) is 11.6.